The molecule has 2 heterocycles. The second-order valence-electron chi connectivity index (χ2n) is 5.82. The smallest absolute Gasteiger partial charge is 0.232 e. The molecule has 0 aromatic heterocycles. The van der Waals surface area contributed by atoms with E-state index >= 15 is 0 Å². The molecule has 1 saturated heterocycles. The first-order valence-electron chi connectivity index (χ1n) is 7.31. The Hall–Kier alpha value is -1.56. The average molecular weight is 308 g/mol. The van der Waals surface area contributed by atoms with Gasteiger partial charge in [-0.1, -0.05) is 18.2 Å². The lowest BCUT2D eigenvalue weighted by Crippen LogP contribution is -2.30. The predicted octanol–water partition coefficient (Wildman–Crippen LogP) is 1.56. The Morgan fingerprint density at radius 1 is 1.29 bits per heavy atom. The highest BCUT2D eigenvalue weighted by Crippen LogP contribution is 2.39. The van der Waals surface area contributed by atoms with E-state index in [9.17, 15) is 13.2 Å². The van der Waals surface area contributed by atoms with Gasteiger partial charge in [-0.3, -0.25) is 9.10 Å². The predicted molar refractivity (Wildman–Crippen MR) is 81.8 cm³/mol. The molecule has 21 heavy (non-hydrogen) atoms. The highest BCUT2D eigenvalue weighted by molar-refractivity contribution is 7.92. The molecule has 2 aliphatic heterocycles. The van der Waals surface area contributed by atoms with Gasteiger partial charge in [0.1, 0.15) is 0 Å². The first-order chi connectivity index (χ1) is 9.97. The quantitative estimate of drug-likeness (QED) is 0.848. The summed E-state index contributed by atoms with van der Waals surface area (Å²) in [5, 5.41) is 0. The van der Waals surface area contributed by atoms with Gasteiger partial charge in [0.15, 0.2) is 0 Å². The lowest BCUT2D eigenvalue weighted by Gasteiger charge is -2.19. The van der Waals surface area contributed by atoms with Gasteiger partial charge >= 0.3 is 0 Å². The zero-order valence-corrected chi connectivity index (χ0v) is 13.0. The van der Waals surface area contributed by atoms with Crippen LogP contribution in [0, 0.1) is 0 Å². The van der Waals surface area contributed by atoms with Crippen molar-refractivity contribution in [1.82, 2.24) is 4.90 Å². The minimum atomic E-state index is -3.24. The van der Waals surface area contributed by atoms with E-state index in [1.807, 2.05) is 29.2 Å². The molecule has 5 nitrogen and oxygen atoms in total. The molecule has 1 amide bonds. The fourth-order valence-electron chi connectivity index (χ4n) is 3.27. The molecule has 1 unspecified atom stereocenters. The maximum Gasteiger partial charge on any atom is 0.232 e. The molecule has 6 heteroatoms. The van der Waals surface area contributed by atoms with Crippen LogP contribution in [0.4, 0.5) is 5.69 Å². The van der Waals surface area contributed by atoms with E-state index in [0.717, 1.165) is 37.2 Å². The van der Waals surface area contributed by atoms with Gasteiger partial charge in [0.2, 0.25) is 15.9 Å². The molecular formula is C15H20N2O3S. The minimum Gasteiger partial charge on any atom is -0.343 e. The normalized spacial score (nSPS) is 22.0. The van der Waals surface area contributed by atoms with E-state index in [0.29, 0.717) is 13.0 Å². The number of para-hydroxylation sites is 1. The maximum absolute atomic E-state index is 11.9. The second-order valence-corrected chi connectivity index (χ2v) is 7.73. The van der Waals surface area contributed by atoms with Gasteiger partial charge in [-0.25, -0.2) is 8.42 Å². The Kier molecular flexibility index (Phi) is 3.65. The summed E-state index contributed by atoms with van der Waals surface area (Å²) in [6.45, 7) is 2.04. The van der Waals surface area contributed by atoms with Crippen molar-refractivity contribution < 1.29 is 13.2 Å². The summed E-state index contributed by atoms with van der Waals surface area (Å²) in [5.74, 6) is 0.394. The molecule has 114 valence electrons. The number of carbonyl (C=O) groups is 1. The summed E-state index contributed by atoms with van der Waals surface area (Å²) in [6.07, 6.45) is 3.65. The Labute approximate surface area is 125 Å². The molecule has 0 saturated carbocycles. The molecule has 0 spiro atoms. The number of nitrogens with zero attached hydrogens (tertiary/aromatic N) is 2. The summed E-state index contributed by atoms with van der Waals surface area (Å²) >= 11 is 0. The molecule has 0 bridgehead atoms. The van der Waals surface area contributed by atoms with Gasteiger partial charge in [-0.15, -0.1) is 0 Å². The van der Waals surface area contributed by atoms with Gasteiger partial charge in [0.05, 0.1) is 11.9 Å². The van der Waals surface area contributed by atoms with E-state index < -0.39 is 10.0 Å². The summed E-state index contributed by atoms with van der Waals surface area (Å²) in [7, 11) is -3.24. The standard InChI is InChI=1S/C15H20N2O3S/c1-21(19,20)17-11-12(13-5-2-3-6-14(13)17)8-10-16-9-4-7-15(16)18/h2-3,5-6,12H,4,7-11H2,1H3. The molecule has 3 rings (SSSR count). The first-order valence-corrected chi connectivity index (χ1v) is 9.16. The van der Waals surface area contributed by atoms with Crippen LogP contribution in [-0.2, 0) is 14.8 Å². The average Bonchev–Trinajstić information content (AvgIpc) is 3.00. The number of hydrogen-bond donors (Lipinski definition) is 0. The van der Waals surface area contributed by atoms with Crippen molar-refractivity contribution in [1.29, 1.82) is 0 Å². The maximum atomic E-state index is 11.9. The third-order valence-electron chi connectivity index (χ3n) is 4.35. The second kappa shape index (κ2) is 5.33. The summed E-state index contributed by atoms with van der Waals surface area (Å²) in [5.41, 5.74) is 1.87. The van der Waals surface area contributed by atoms with E-state index in [-0.39, 0.29) is 11.8 Å². The Morgan fingerprint density at radius 2 is 2.05 bits per heavy atom. The van der Waals surface area contributed by atoms with Crippen molar-refractivity contribution in [3.63, 3.8) is 0 Å². The number of benzene rings is 1. The fraction of sp³-hybridized carbons (Fsp3) is 0.533. The Bertz CT molecular complexity index is 657. The molecule has 1 aromatic carbocycles. The van der Waals surface area contributed by atoms with Crippen LogP contribution < -0.4 is 4.31 Å². The molecule has 0 N–H and O–H groups in total. The molecule has 0 radical (unpaired) electrons. The van der Waals surface area contributed by atoms with Crippen LogP contribution in [0.1, 0.15) is 30.7 Å². The van der Waals surface area contributed by atoms with E-state index in [2.05, 4.69) is 0 Å². The SMILES string of the molecule is CS(=O)(=O)N1CC(CCN2CCCC2=O)c2ccccc21. The van der Waals surface area contributed by atoms with Crippen LogP contribution in [-0.4, -0.2) is 45.1 Å². The number of rotatable bonds is 4. The molecule has 1 atom stereocenters. The van der Waals surface area contributed by atoms with Crippen molar-refractivity contribution in [2.75, 3.05) is 30.2 Å². The molecule has 2 aliphatic rings. The van der Waals surface area contributed by atoms with Gasteiger partial charge in [0.25, 0.3) is 0 Å². The van der Waals surface area contributed by atoms with Crippen molar-refractivity contribution in [2.24, 2.45) is 0 Å². The number of fused-ring (bicyclic) bond motifs is 1. The third-order valence-corrected chi connectivity index (χ3v) is 5.50. The Balaban J connectivity index is 1.77. The zero-order valence-electron chi connectivity index (χ0n) is 12.2. The molecule has 1 fully saturated rings. The first kappa shape index (κ1) is 14.4. The lowest BCUT2D eigenvalue weighted by atomic mass is 9.98. The van der Waals surface area contributed by atoms with Crippen molar-refractivity contribution in [3.05, 3.63) is 29.8 Å². The lowest BCUT2D eigenvalue weighted by molar-refractivity contribution is -0.127. The number of hydrogen-bond acceptors (Lipinski definition) is 3. The summed E-state index contributed by atoms with van der Waals surface area (Å²) < 4.78 is 25.3. The minimum absolute atomic E-state index is 0.171. The van der Waals surface area contributed by atoms with Crippen LogP contribution in [0.2, 0.25) is 0 Å². The van der Waals surface area contributed by atoms with Gasteiger partial charge in [0, 0.05) is 32.0 Å². The zero-order chi connectivity index (χ0) is 15.0. The highest BCUT2D eigenvalue weighted by Gasteiger charge is 2.33. The van der Waals surface area contributed by atoms with Gasteiger partial charge in [-0.05, 0) is 24.5 Å². The fourth-order valence-corrected chi connectivity index (χ4v) is 4.24. The molecule has 1 aromatic rings. The van der Waals surface area contributed by atoms with Crippen LogP contribution in [0.3, 0.4) is 0 Å². The summed E-state index contributed by atoms with van der Waals surface area (Å²) in [4.78, 5) is 13.6. The number of anilines is 1. The van der Waals surface area contributed by atoms with Crippen molar-refractivity contribution in [3.8, 4) is 0 Å². The van der Waals surface area contributed by atoms with Crippen molar-refractivity contribution in [2.45, 2.75) is 25.2 Å². The van der Waals surface area contributed by atoms with Crippen LogP contribution in [0.15, 0.2) is 24.3 Å². The van der Waals surface area contributed by atoms with E-state index in [4.69, 9.17) is 0 Å². The number of amides is 1. The van der Waals surface area contributed by atoms with Crippen LogP contribution in [0.5, 0.6) is 0 Å². The Morgan fingerprint density at radius 3 is 2.71 bits per heavy atom. The van der Waals surface area contributed by atoms with E-state index in [1.54, 1.807) is 0 Å². The monoisotopic (exact) mass is 308 g/mol. The van der Waals surface area contributed by atoms with Crippen LogP contribution >= 0.6 is 0 Å². The topological polar surface area (TPSA) is 57.7 Å². The number of carbonyl (C=O) groups excluding carboxylic acids is 1. The summed E-state index contributed by atoms with van der Waals surface area (Å²) in [6, 6.07) is 7.66. The van der Waals surface area contributed by atoms with Gasteiger partial charge in [-0.2, -0.15) is 0 Å². The number of likely N-dealkylation sites (tertiary alicyclic amines) is 1. The number of sulfonamides is 1. The van der Waals surface area contributed by atoms with Crippen molar-refractivity contribution >= 4 is 21.6 Å². The van der Waals surface area contributed by atoms with Crippen LogP contribution in [0.25, 0.3) is 0 Å². The molecular weight excluding hydrogens is 288 g/mol. The largest absolute Gasteiger partial charge is 0.343 e. The van der Waals surface area contributed by atoms with E-state index in [1.165, 1.54) is 10.6 Å². The molecule has 0 aliphatic carbocycles. The van der Waals surface area contributed by atoms with Gasteiger partial charge < -0.3 is 4.90 Å². The third kappa shape index (κ3) is 2.77. The highest BCUT2D eigenvalue weighted by atomic mass is 32.2.